The molecule has 1 aliphatic rings. The summed E-state index contributed by atoms with van der Waals surface area (Å²) in [7, 11) is 1.32. The van der Waals surface area contributed by atoms with Gasteiger partial charge in [0.15, 0.2) is 0 Å². The Labute approximate surface area is 148 Å². The van der Waals surface area contributed by atoms with Gasteiger partial charge >= 0.3 is 6.03 Å². The zero-order valence-electron chi connectivity index (χ0n) is 13.9. The molecular weight excluding hydrogens is 349 g/mol. The fourth-order valence-corrected chi connectivity index (χ4v) is 2.88. The van der Waals surface area contributed by atoms with E-state index in [2.05, 4.69) is 10.6 Å². The Bertz CT molecular complexity index is 776. The largest absolute Gasteiger partial charge is 0.497 e. The molecular formula is C18H17F3N2O3. The first-order chi connectivity index (χ1) is 12.5. The van der Waals surface area contributed by atoms with Crippen LogP contribution >= 0.6 is 0 Å². The number of hydrogen-bond acceptors (Lipinski definition) is 3. The number of hydrogen-bond donors (Lipinski definition) is 2. The summed E-state index contributed by atoms with van der Waals surface area (Å²) >= 11 is 0. The van der Waals surface area contributed by atoms with E-state index in [1.165, 1.54) is 31.4 Å². The molecule has 0 saturated carbocycles. The molecule has 138 valence electrons. The highest BCUT2D eigenvalue weighted by Crippen LogP contribution is 2.32. The third-order valence-corrected chi connectivity index (χ3v) is 4.16. The Kier molecular flexibility index (Phi) is 5.32. The highest BCUT2D eigenvalue weighted by Gasteiger charge is 2.35. The minimum absolute atomic E-state index is 0.0706. The molecule has 0 aliphatic carbocycles. The summed E-state index contributed by atoms with van der Waals surface area (Å²) in [5.41, 5.74) is 0.233. The highest BCUT2D eigenvalue weighted by molar-refractivity contribution is 5.89. The zero-order chi connectivity index (χ0) is 18.7. The summed E-state index contributed by atoms with van der Waals surface area (Å²) in [5, 5.41) is 5.18. The molecule has 0 aromatic heterocycles. The fourth-order valence-electron chi connectivity index (χ4n) is 2.88. The number of halogens is 3. The third-order valence-electron chi connectivity index (χ3n) is 4.16. The number of anilines is 1. The first-order valence-electron chi connectivity index (χ1n) is 7.91. The summed E-state index contributed by atoms with van der Waals surface area (Å²) in [6.45, 7) is 0.189. The van der Waals surface area contributed by atoms with Crippen LogP contribution in [0.15, 0.2) is 36.4 Å². The van der Waals surface area contributed by atoms with Gasteiger partial charge in [-0.15, -0.1) is 0 Å². The Morgan fingerprint density at radius 3 is 2.38 bits per heavy atom. The van der Waals surface area contributed by atoms with E-state index in [9.17, 15) is 18.0 Å². The summed E-state index contributed by atoms with van der Waals surface area (Å²) in [6, 6.07) is 6.21. The molecule has 0 unspecified atom stereocenters. The second kappa shape index (κ2) is 7.65. The van der Waals surface area contributed by atoms with Gasteiger partial charge in [-0.2, -0.15) is 0 Å². The number of rotatable bonds is 4. The molecule has 2 N–H and O–H groups in total. The van der Waals surface area contributed by atoms with Crippen molar-refractivity contribution in [3.05, 3.63) is 59.4 Å². The van der Waals surface area contributed by atoms with Crippen LogP contribution in [0, 0.1) is 17.5 Å². The third kappa shape index (κ3) is 3.91. The highest BCUT2D eigenvalue weighted by atomic mass is 19.1. The Hall–Kier alpha value is -2.74. The second-order valence-corrected chi connectivity index (χ2v) is 5.86. The maximum atomic E-state index is 14.3. The van der Waals surface area contributed by atoms with Crippen molar-refractivity contribution >= 4 is 11.7 Å². The molecule has 5 nitrogen and oxygen atoms in total. The Morgan fingerprint density at radius 2 is 1.77 bits per heavy atom. The number of nitrogens with one attached hydrogen (secondary N) is 2. The van der Waals surface area contributed by atoms with Crippen LogP contribution in [-0.4, -0.2) is 32.4 Å². The molecule has 2 atom stereocenters. The summed E-state index contributed by atoms with van der Waals surface area (Å²) in [6.07, 6.45) is 0. The predicted molar refractivity (Wildman–Crippen MR) is 88.8 cm³/mol. The van der Waals surface area contributed by atoms with Crippen LogP contribution in [-0.2, 0) is 4.74 Å². The molecule has 2 aromatic carbocycles. The normalized spacial score (nSPS) is 19.2. The van der Waals surface area contributed by atoms with E-state index in [0.29, 0.717) is 5.69 Å². The number of ether oxygens (including phenoxy) is 2. The maximum absolute atomic E-state index is 14.3. The lowest BCUT2D eigenvalue weighted by Gasteiger charge is -2.21. The molecule has 2 aromatic rings. The standard InChI is InChI=1S/C18H17F3N2O3/c1-25-12-6-14(20)17(15(21)7-12)13-8-26-9-16(13)23-18(24)22-11-4-2-10(19)3-5-11/h2-7,13,16H,8-9H2,1H3,(H2,22,23,24)/t13-,16+/m1/s1. The van der Waals surface area contributed by atoms with E-state index < -0.39 is 35.4 Å². The lowest BCUT2D eigenvalue weighted by Crippen LogP contribution is -2.41. The van der Waals surface area contributed by atoms with Gasteiger partial charge in [0.05, 0.1) is 26.4 Å². The predicted octanol–water partition coefficient (Wildman–Crippen LogP) is 3.42. The number of methoxy groups -OCH3 is 1. The smallest absolute Gasteiger partial charge is 0.319 e. The van der Waals surface area contributed by atoms with Gasteiger partial charge in [-0.25, -0.2) is 18.0 Å². The number of amides is 2. The van der Waals surface area contributed by atoms with E-state index in [0.717, 1.165) is 12.1 Å². The SMILES string of the molecule is COc1cc(F)c([C@@H]2COC[C@@H]2NC(=O)Nc2ccc(F)cc2)c(F)c1. The van der Waals surface area contributed by atoms with Crippen molar-refractivity contribution in [1.82, 2.24) is 5.32 Å². The van der Waals surface area contributed by atoms with Gasteiger partial charge in [0, 0.05) is 29.3 Å². The molecule has 0 radical (unpaired) electrons. The number of urea groups is 1. The van der Waals surface area contributed by atoms with Crippen LogP contribution in [0.2, 0.25) is 0 Å². The van der Waals surface area contributed by atoms with E-state index in [-0.39, 0.29) is 24.5 Å². The average molecular weight is 366 g/mol. The van der Waals surface area contributed by atoms with Gasteiger partial charge in [-0.3, -0.25) is 0 Å². The molecule has 1 fully saturated rings. The fraction of sp³-hybridized carbons (Fsp3) is 0.278. The van der Waals surface area contributed by atoms with Crippen molar-refractivity contribution in [3.8, 4) is 5.75 Å². The quantitative estimate of drug-likeness (QED) is 0.872. The van der Waals surface area contributed by atoms with Crippen LogP contribution < -0.4 is 15.4 Å². The zero-order valence-corrected chi connectivity index (χ0v) is 13.9. The van der Waals surface area contributed by atoms with E-state index >= 15 is 0 Å². The molecule has 8 heteroatoms. The topological polar surface area (TPSA) is 59.6 Å². The number of carbonyl (C=O) groups excluding carboxylic acids is 1. The lowest BCUT2D eigenvalue weighted by molar-refractivity contribution is 0.187. The van der Waals surface area contributed by atoms with Crippen molar-refractivity contribution in [1.29, 1.82) is 0 Å². The minimum atomic E-state index is -0.761. The monoisotopic (exact) mass is 366 g/mol. The number of carbonyl (C=O) groups is 1. The van der Waals surface area contributed by atoms with Crippen molar-refractivity contribution in [2.24, 2.45) is 0 Å². The average Bonchev–Trinajstić information content (AvgIpc) is 3.04. The molecule has 0 spiro atoms. The minimum Gasteiger partial charge on any atom is -0.497 e. The van der Waals surface area contributed by atoms with Crippen molar-refractivity contribution in [2.75, 3.05) is 25.6 Å². The van der Waals surface area contributed by atoms with Gasteiger partial charge in [-0.05, 0) is 24.3 Å². The van der Waals surface area contributed by atoms with Crippen LogP contribution in [0.4, 0.5) is 23.7 Å². The van der Waals surface area contributed by atoms with Crippen LogP contribution in [0.5, 0.6) is 5.75 Å². The molecule has 1 saturated heterocycles. The van der Waals surface area contributed by atoms with E-state index in [1.807, 2.05) is 0 Å². The van der Waals surface area contributed by atoms with Gasteiger partial charge in [0.2, 0.25) is 0 Å². The molecule has 1 heterocycles. The maximum Gasteiger partial charge on any atom is 0.319 e. The lowest BCUT2D eigenvalue weighted by atomic mass is 9.93. The van der Waals surface area contributed by atoms with Gasteiger partial charge < -0.3 is 20.1 Å². The summed E-state index contributed by atoms with van der Waals surface area (Å²) < 4.78 is 51.7. The molecule has 1 aliphatic heterocycles. The molecule has 2 amide bonds. The first kappa shape index (κ1) is 18.1. The molecule has 0 bridgehead atoms. The Balaban J connectivity index is 1.72. The molecule has 3 rings (SSSR count). The molecule has 26 heavy (non-hydrogen) atoms. The van der Waals surface area contributed by atoms with Crippen LogP contribution in [0.25, 0.3) is 0 Å². The van der Waals surface area contributed by atoms with Crippen molar-refractivity contribution in [2.45, 2.75) is 12.0 Å². The summed E-state index contributed by atoms with van der Waals surface area (Å²) in [4.78, 5) is 12.1. The number of benzene rings is 2. The van der Waals surface area contributed by atoms with Crippen molar-refractivity contribution in [3.63, 3.8) is 0 Å². The van der Waals surface area contributed by atoms with E-state index in [1.54, 1.807) is 0 Å². The Morgan fingerprint density at radius 1 is 1.12 bits per heavy atom. The van der Waals surface area contributed by atoms with Crippen molar-refractivity contribution < 1.29 is 27.4 Å². The van der Waals surface area contributed by atoms with E-state index in [4.69, 9.17) is 9.47 Å². The van der Waals surface area contributed by atoms with Gasteiger partial charge in [0.1, 0.15) is 23.2 Å². The first-order valence-corrected chi connectivity index (χ1v) is 7.91. The second-order valence-electron chi connectivity index (χ2n) is 5.86. The van der Waals surface area contributed by atoms with Crippen LogP contribution in [0.3, 0.4) is 0 Å². The van der Waals surface area contributed by atoms with Crippen LogP contribution in [0.1, 0.15) is 11.5 Å². The van der Waals surface area contributed by atoms with Gasteiger partial charge in [0.25, 0.3) is 0 Å². The van der Waals surface area contributed by atoms with Gasteiger partial charge in [-0.1, -0.05) is 0 Å². The summed E-state index contributed by atoms with van der Waals surface area (Å²) in [5.74, 6) is -2.56.